The van der Waals surface area contributed by atoms with Crippen LogP contribution in [0.2, 0.25) is 5.15 Å². The zero-order valence-electron chi connectivity index (χ0n) is 16.3. The van der Waals surface area contributed by atoms with Gasteiger partial charge in [-0.25, -0.2) is 9.37 Å². The molecule has 1 aliphatic rings. The van der Waals surface area contributed by atoms with Gasteiger partial charge in [0, 0.05) is 30.9 Å². The van der Waals surface area contributed by atoms with Crippen LogP contribution in [0.25, 0.3) is 10.8 Å². The molecule has 1 N–H and O–H groups in total. The van der Waals surface area contributed by atoms with Crippen molar-refractivity contribution in [1.29, 1.82) is 0 Å². The van der Waals surface area contributed by atoms with Crippen LogP contribution in [-0.4, -0.2) is 24.0 Å². The van der Waals surface area contributed by atoms with Gasteiger partial charge in [0.2, 0.25) is 5.91 Å². The molecule has 6 heteroatoms. The Morgan fingerprint density at radius 3 is 2.72 bits per heavy atom. The van der Waals surface area contributed by atoms with Crippen molar-refractivity contribution in [2.45, 2.75) is 26.3 Å². The van der Waals surface area contributed by atoms with Gasteiger partial charge in [-0.2, -0.15) is 0 Å². The van der Waals surface area contributed by atoms with Gasteiger partial charge in [0.15, 0.2) is 0 Å². The van der Waals surface area contributed by atoms with Gasteiger partial charge in [0.25, 0.3) is 0 Å². The van der Waals surface area contributed by atoms with E-state index < -0.39 is 0 Å². The predicted molar refractivity (Wildman–Crippen MR) is 115 cm³/mol. The largest absolute Gasteiger partial charge is 0.357 e. The third kappa shape index (κ3) is 4.35. The Morgan fingerprint density at radius 2 is 1.97 bits per heavy atom. The second-order valence-corrected chi connectivity index (χ2v) is 7.91. The van der Waals surface area contributed by atoms with E-state index in [0.717, 1.165) is 48.1 Å². The van der Waals surface area contributed by atoms with Gasteiger partial charge in [-0.05, 0) is 48.4 Å². The van der Waals surface area contributed by atoms with Gasteiger partial charge in [-0.15, -0.1) is 0 Å². The first-order valence-corrected chi connectivity index (χ1v) is 10.2. The van der Waals surface area contributed by atoms with Crippen molar-refractivity contribution >= 4 is 34.1 Å². The number of hydrogen-bond acceptors (Lipinski definition) is 3. The number of aryl methyl sites for hydroxylation is 1. The summed E-state index contributed by atoms with van der Waals surface area (Å²) in [5, 5.41) is 5.45. The van der Waals surface area contributed by atoms with Crippen molar-refractivity contribution in [2.75, 3.05) is 18.0 Å². The molecular formula is C23H23ClFN3O. The predicted octanol–water partition coefficient (Wildman–Crippen LogP) is 4.87. The molecule has 3 aromatic rings. The Bertz CT molecular complexity index is 1050. The fourth-order valence-corrected chi connectivity index (χ4v) is 4.01. The second-order valence-electron chi connectivity index (χ2n) is 7.56. The normalized spacial score (nSPS) is 14.9. The molecule has 0 aliphatic carbocycles. The van der Waals surface area contributed by atoms with Crippen LogP contribution in [-0.2, 0) is 11.3 Å². The SMILES string of the molecule is Cc1ccc(CNC(=O)C2CCN(c3cc4ccccc4c(Cl)n3)CC2)cc1F. The van der Waals surface area contributed by atoms with E-state index in [1.165, 1.54) is 6.07 Å². The Hall–Kier alpha value is -2.66. The summed E-state index contributed by atoms with van der Waals surface area (Å²) in [5.41, 5.74) is 1.38. The zero-order valence-corrected chi connectivity index (χ0v) is 17.0. The summed E-state index contributed by atoms with van der Waals surface area (Å²) in [6, 6.07) is 15.0. The molecular weight excluding hydrogens is 389 g/mol. The highest BCUT2D eigenvalue weighted by molar-refractivity contribution is 6.34. The maximum Gasteiger partial charge on any atom is 0.223 e. The second kappa shape index (κ2) is 8.37. The molecule has 1 amide bonds. The molecule has 0 bridgehead atoms. The van der Waals surface area contributed by atoms with Crippen LogP contribution in [0.4, 0.5) is 10.2 Å². The van der Waals surface area contributed by atoms with E-state index in [-0.39, 0.29) is 17.6 Å². The van der Waals surface area contributed by atoms with Crippen LogP contribution in [0.15, 0.2) is 48.5 Å². The standard InChI is InChI=1S/C23H23ClFN3O/c1-15-6-7-16(12-20(15)25)14-26-23(29)17-8-10-28(11-9-17)21-13-18-4-2-3-5-19(18)22(24)27-21/h2-7,12-13,17H,8-11,14H2,1H3,(H,26,29). The van der Waals surface area contributed by atoms with Crippen molar-refractivity contribution in [1.82, 2.24) is 10.3 Å². The fraction of sp³-hybridized carbons (Fsp3) is 0.304. The highest BCUT2D eigenvalue weighted by Gasteiger charge is 2.26. The average Bonchev–Trinajstić information content (AvgIpc) is 2.74. The van der Waals surface area contributed by atoms with Gasteiger partial charge < -0.3 is 10.2 Å². The summed E-state index contributed by atoms with van der Waals surface area (Å²) < 4.78 is 13.7. The number of pyridine rings is 1. The van der Waals surface area contributed by atoms with Gasteiger partial charge in [0.1, 0.15) is 16.8 Å². The summed E-state index contributed by atoms with van der Waals surface area (Å²) >= 11 is 6.35. The molecule has 150 valence electrons. The van der Waals surface area contributed by atoms with Gasteiger partial charge in [0.05, 0.1) is 0 Å². The first-order valence-electron chi connectivity index (χ1n) is 9.84. The highest BCUT2D eigenvalue weighted by atomic mass is 35.5. The van der Waals surface area contributed by atoms with Gasteiger partial charge >= 0.3 is 0 Å². The number of fused-ring (bicyclic) bond motifs is 1. The van der Waals surface area contributed by atoms with E-state index >= 15 is 0 Å². The lowest BCUT2D eigenvalue weighted by Crippen LogP contribution is -2.40. The molecule has 2 aromatic carbocycles. The first kappa shape index (κ1) is 19.6. The number of anilines is 1. The molecule has 29 heavy (non-hydrogen) atoms. The number of piperidine rings is 1. The third-order valence-corrected chi connectivity index (χ3v) is 5.86. The number of hydrogen-bond donors (Lipinski definition) is 1. The van der Waals surface area contributed by atoms with E-state index in [1.807, 2.05) is 36.4 Å². The van der Waals surface area contributed by atoms with Crippen molar-refractivity contribution in [3.05, 3.63) is 70.6 Å². The Kier molecular flexibility index (Phi) is 5.67. The van der Waals surface area contributed by atoms with Crippen molar-refractivity contribution in [2.24, 2.45) is 5.92 Å². The Morgan fingerprint density at radius 1 is 1.21 bits per heavy atom. The molecule has 4 nitrogen and oxygen atoms in total. The lowest BCUT2D eigenvalue weighted by molar-refractivity contribution is -0.125. The number of benzene rings is 2. The maximum atomic E-state index is 13.7. The number of nitrogens with one attached hydrogen (secondary N) is 1. The quantitative estimate of drug-likeness (QED) is 0.623. The molecule has 4 rings (SSSR count). The summed E-state index contributed by atoms with van der Waals surface area (Å²) in [5.74, 6) is 0.585. The van der Waals surface area contributed by atoms with Crippen molar-refractivity contribution in [3.63, 3.8) is 0 Å². The van der Waals surface area contributed by atoms with Crippen LogP contribution in [0.3, 0.4) is 0 Å². The molecule has 2 heterocycles. The molecule has 0 spiro atoms. The molecule has 0 unspecified atom stereocenters. The smallest absolute Gasteiger partial charge is 0.223 e. The summed E-state index contributed by atoms with van der Waals surface area (Å²) in [7, 11) is 0. The first-order chi connectivity index (χ1) is 14.0. The number of rotatable bonds is 4. The summed E-state index contributed by atoms with van der Waals surface area (Å²) in [6.45, 7) is 3.57. The van der Waals surface area contributed by atoms with Crippen LogP contribution in [0.5, 0.6) is 0 Å². The van der Waals surface area contributed by atoms with Crippen LogP contribution in [0, 0.1) is 18.7 Å². The summed E-state index contributed by atoms with van der Waals surface area (Å²) in [6.07, 6.45) is 1.50. The van der Waals surface area contributed by atoms with E-state index in [0.29, 0.717) is 17.3 Å². The number of halogens is 2. The highest BCUT2D eigenvalue weighted by Crippen LogP contribution is 2.29. The van der Waals surface area contributed by atoms with E-state index in [9.17, 15) is 9.18 Å². The zero-order chi connectivity index (χ0) is 20.4. The minimum absolute atomic E-state index is 0.0233. The molecule has 0 atom stereocenters. The van der Waals surface area contributed by atoms with E-state index in [2.05, 4.69) is 15.2 Å². The minimum Gasteiger partial charge on any atom is -0.357 e. The monoisotopic (exact) mass is 411 g/mol. The molecule has 1 aromatic heterocycles. The number of nitrogens with zero attached hydrogens (tertiary/aromatic N) is 2. The third-order valence-electron chi connectivity index (χ3n) is 5.57. The minimum atomic E-state index is -0.244. The maximum absolute atomic E-state index is 13.7. The molecule has 1 aliphatic heterocycles. The Labute approximate surface area is 174 Å². The number of carbonyl (C=O) groups is 1. The van der Waals surface area contributed by atoms with Crippen molar-refractivity contribution in [3.8, 4) is 0 Å². The van der Waals surface area contributed by atoms with Crippen LogP contribution < -0.4 is 10.2 Å². The average molecular weight is 412 g/mol. The summed E-state index contributed by atoms with van der Waals surface area (Å²) in [4.78, 5) is 19.3. The molecule has 1 saturated heterocycles. The van der Waals surface area contributed by atoms with Gasteiger partial charge in [-0.1, -0.05) is 48.0 Å². The van der Waals surface area contributed by atoms with Crippen LogP contribution in [0.1, 0.15) is 24.0 Å². The van der Waals surface area contributed by atoms with E-state index in [4.69, 9.17) is 11.6 Å². The lowest BCUT2D eigenvalue weighted by atomic mass is 9.95. The Balaban J connectivity index is 1.35. The fourth-order valence-electron chi connectivity index (χ4n) is 3.76. The van der Waals surface area contributed by atoms with E-state index in [1.54, 1.807) is 13.0 Å². The van der Waals surface area contributed by atoms with Crippen molar-refractivity contribution < 1.29 is 9.18 Å². The molecule has 1 fully saturated rings. The number of carbonyl (C=O) groups excluding carboxylic acids is 1. The topological polar surface area (TPSA) is 45.2 Å². The lowest BCUT2D eigenvalue weighted by Gasteiger charge is -2.32. The van der Waals surface area contributed by atoms with Gasteiger partial charge in [-0.3, -0.25) is 4.79 Å². The number of amides is 1. The number of aromatic nitrogens is 1. The molecule has 0 saturated carbocycles. The van der Waals surface area contributed by atoms with Crippen LogP contribution >= 0.6 is 11.6 Å². The molecule has 0 radical (unpaired) electrons.